The summed E-state index contributed by atoms with van der Waals surface area (Å²) in [7, 11) is -1.60. The summed E-state index contributed by atoms with van der Waals surface area (Å²) < 4.78 is 15.5. The zero-order valence-corrected chi connectivity index (χ0v) is 19.9. The Morgan fingerprint density at radius 1 is 1.29 bits per heavy atom. The average Bonchev–Trinajstić information content (AvgIpc) is 3.46. The van der Waals surface area contributed by atoms with Crippen LogP contribution in [-0.2, 0) is 9.95 Å². The minimum atomic E-state index is -1.57. The molecular weight excluding hydrogens is 453 g/mol. The average molecular weight is 478 g/mol. The summed E-state index contributed by atoms with van der Waals surface area (Å²) in [6, 6.07) is 7.17. The van der Waals surface area contributed by atoms with Gasteiger partial charge in [0.2, 0.25) is 11.1 Å². The second-order valence-electron chi connectivity index (χ2n) is 9.49. The fourth-order valence-corrected chi connectivity index (χ4v) is 9.25. The Bertz CT molecular complexity index is 1100. The molecule has 1 aliphatic carbocycles. The molecule has 9 heteroatoms. The third kappa shape index (κ3) is 3.44. The van der Waals surface area contributed by atoms with Crippen molar-refractivity contribution in [3.05, 3.63) is 34.7 Å². The summed E-state index contributed by atoms with van der Waals surface area (Å²) in [6.45, 7) is 2.11. The van der Waals surface area contributed by atoms with Crippen molar-refractivity contribution in [1.29, 1.82) is 0 Å². The van der Waals surface area contributed by atoms with Gasteiger partial charge in [0.05, 0.1) is 12.7 Å². The van der Waals surface area contributed by atoms with Crippen LogP contribution in [0, 0.1) is 11.8 Å². The molecule has 0 spiro atoms. The van der Waals surface area contributed by atoms with Crippen molar-refractivity contribution in [2.45, 2.75) is 62.3 Å². The van der Waals surface area contributed by atoms with E-state index in [1.165, 1.54) is 17.8 Å². The lowest BCUT2D eigenvalue weighted by Gasteiger charge is -2.34. The van der Waals surface area contributed by atoms with Crippen molar-refractivity contribution >= 4 is 49.3 Å². The van der Waals surface area contributed by atoms with Crippen LogP contribution in [0.25, 0.3) is 10.1 Å². The van der Waals surface area contributed by atoms with Crippen LogP contribution in [0.2, 0.25) is 0 Å². The van der Waals surface area contributed by atoms with Crippen LogP contribution in [-0.4, -0.2) is 39.7 Å². The number of rotatable bonds is 3. The lowest BCUT2D eigenvalue weighted by Crippen LogP contribution is -2.53. The highest BCUT2D eigenvalue weighted by molar-refractivity contribution is 8.36. The second kappa shape index (κ2) is 7.18. The molecule has 2 N–H and O–H groups in total. The number of hydrogen-bond donors (Lipinski definition) is 2. The van der Waals surface area contributed by atoms with Gasteiger partial charge in [-0.15, -0.1) is 11.3 Å². The quantitative estimate of drug-likeness (QED) is 0.618. The standard InChI is InChI=1S/C22H25FN2O3P2S/c1-11-2-4-16-8-12-6-13(12)9-17(21(27)25(11)16)24-20(26)19-10-14-7-15(3-5-18(14)31-19)22(23)29-30(22)28/h3,5,7,10-13,16-17,28-29H,2,4,6,8-9H2,1H3,(H,24,26)/t11-,12?,13?,16-,17+,22?,30?/m1/s1. The fraction of sp³-hybridized carbons (Fsp3) is 0.545. The molecule has 2 aromatic rings. The summed E-state index contributed by atoms with van der Waals surface area (Å²) in [5.41, 5.74) is 0.501. The summed E-state index contributed by atoms with van der Waals surface area (Å²) in [5.74, 6) is 1.09. The molecule has 4 fully saturated rings. The monoisotopic (exact) mass is 478 g/mol. The summed E-state index contributed by atoms with van der Waals surface area (Å²) >= 11 is 1.36. The molecule has 4 heterocycles. The summed E-state index contributed by atoms with van der Waals surface area (Å²) in [5, 5.41) is 2.28. The third-order valence-electron chi connectivity index (χ3n) is 7.44. The number of nitrogens with one attached hydrogen (secondary N) is 1. The lowest BCUT2D eigenvalue weighted by molar-refractivity contribution is -0.136. The number of hydrogen-bond acceptors (Lipinski definition) is 4. The van der Waals surface area contributed by atoms with Crippen LogP contribution in [0.15, 0.2) is 24.3 Å². The van der Waals surface area contributed by atoms with Crippen LogP contribution < -0.4 is 5.32 Å². The van der Waals surface area contributed by atoms with Crippen molar-refractivity contribution in [2.75, 3.05) is 0 Å². The third-order valence-corrected chi connectivity index (χ3v) is 12.5. The Morgan fingerprint density at radius 3 is 2.84 bits per heavy atom. The van der Waals surface area contributed by atoms with E-state index in [1.807, 2.05) is 11.0 Å². The molecule has 3 saturated heterocycles. The molecule has 5 unspecified atom stereocenters. The first-order chi connectivity index (χ1) is 14.8. The van der Waals surface area contributed by atoms with Crippen molar-refractivity contribution in [3.63, 3.8) is 0 Å². The van der Waals surface area contributed by atoms with E-state index in [0.717, 1.165) is 35.8 Å². The minimum absolute atomic E-state index is 0.0641. The number of amides is 2. The molecule has 2 amide bonds. The first-order valence-corrected chi connectivity index (χ1v) is 14.9. The van der Waals surface area contributed by atoms with Crippen molar-refractivity contribution in [2.24, 2.45) is 11.8 Å². The lowest BCUT2D eigenvalue weighted by atomic mass is 9.99. The predicted molar refractivity (Wildman–Crippen MR) is 123 cm³/mol. The number of carbonyl (C=O) groups excluding carboxylic acids is 2. The molecule has 164 valence electrons. The van der Waals surface area contributed by atoms with E-state index in [9.17, 15) is 18.9 Å². The maximum absolute atomic E-state index is 14.6. The molecule has 31 heavy (non-hydrogen) atoms. The SMILES string of the molecule is C[C@@H]1CC[C@@H]2CC3CC3C[C@H](NC(=O)c3cc4cc(C5(F)PP5O)ccc4s3)C(=O)N21. The van der Waals surface area contributed by atoms with Gasteiger partial charge in [0.25, 0.3) is 5.91 Å². The molecule has 0 radical (unpaired) electrons. The van der Waals surface area contributed by atoms with Crippen LogP contribution in [0.4, 0.5) is 4.39 Å². The number of benzene rings is 1. The van der Waals surface area contributed by atoms with Crippen LogP contribution in [0.5, 0.6) is 0 Å². The van der Waals surface area contributed by atoms with Gasteiger partial charge >= 0.3 is 0 Å². The molecule has 6 rings (SSSR count). The molecule has 5 nitrogen and oxygen atoms in total. The van der Waals surface area contributed by atoms with Gasteiger partial charge in [-0.25, -0.2) is 4.39 Å². The minimum Gasteiger partial charge on any atom is -0.365 e. The van der Waals surface area contributed by atoms with E-state index in [2.05, 4.69) is 12.2 Å². The van der Waals surface area contributed by atoms with Gasteiger partial charge in [-0.2, -0.15) is 0 Å². The van der Waals surface area contributed by atoms with Gasteiger partial charge in [0.15, 0.2) is 0 Å². The van der Waals surface area contributed by atoms with Gasteiger partial charge in [0, 0.05) is 22.3 Å². The maximum atomic E-state index is 14.6. The Morgan fingerprint density at radius 2 is 2.06 bits per heavy atom. The molecule has 1 aromatic carbocycles. The number of fused-ring (bicyclic) bond motifs is 3. The molecule has 1 aromatic heterocycles. The van der Waals surface area contributed by atoms with Crippen molar-refractivity contribution in [1.82, 2.24) is 10.2 Å². The first-order valence-electron chi connectivity index (χ1n) is 11.0. The Kier molecular flexibility index (Phi) is 4.74. The van der Waals surface area contributed by atoms with Gasteiger partial charge in [0.1, 0.15) is 6.04 Å². The van der Waals surface area contributed by atoms with Gasteiger partial charge in [-0.05, 0) is 82.7 Å². The van der Waals surface area contributed by atoms with Crippen molar-refractivity contribution in [3.8, 4) is 0 Å². The highest BCUT2D eigenvalue weighted by atomic mass is 32.1. The van der Waals surface area contributed by atoms with Crippen LogP contribution in [0.3, 0.4) is 0 Å². The zero-order valence-electron chi connectivity index (χ0n) is 17.2. The normalized spacial score (nSPS) is 39.7. The molecule has 0 bridgehead atoms. The molecule has 4 aliphatic rings. The topological polar surface area (TPSA) is 69.6 Å². The van der Waals surface area contributed by atoms with Gasteiger partial charge in [-0.1, -0.05) is 6.07 Å². The van der Waals surface area contributed by atoms with Crippen LogP contribution >= 0.6 is 27.4 Å². The highest BCUT2D eigenvalue weighted by Gasteiger charge is 2.57. The second-order valence-corrected chi connectivity index (χ2v) is 15.1. The molecular formula is C22H25FN2O3P2S. The fourth-order valence-electron chi connectivity index (χ4n) is 5.53. The van der Waals surface area contributed by atoms with E-state index in [4.69, 9.17) is 0 Å². The number of thiophene rings is 1. The zero-order chi connectivity index (χ0) is 21.5. The van der Waals surface area contributed by atoms with E-state index in [0.29, 0.717) is 28.3 Å². The summed E-state index contributed by atoms with van der Waals surface area (Å²) in [4.78, 5) is 38.7. The Balaban J connectivity index is 1.24. The molecule has 8 atom stereocenters. The van der Waals surface area contributed by atoms with Gasteiger partial charge < -0.3 is 15.1 Å². The Labute approximate surface area is 187 Å². The molecule has 3 aliphatic heterocycles. The molecule has 1 saturated carbocycles. The number of alkyl halides is 1. The number of carbonyl (C=O) groups is 2. The van der Waals surface area contributed by atoms with E-state index < -0.39 is 19.0 Å². The van der Waals surface area contributed by atoms with Crippen molar-refractivity contribution < 1.29 is 18.9 Å². The van der Waals surface area contributed by atoms with E-state index in [-0.39, 0.29) is 26.1 Å². The maximum Gasteiger partial charge on any atom is 0.262 e. The predicted octanol–water partition coefficient (Wildman–Crippen LogP) is 4.89. The Hall–Kier alpha value is -1.13. The number of nitrogens with zero attached hydrogens (tertiary/aromatic N) is 1. The van der Waals surface area contributed by atoms with Crippen LogP contribution in [0.1, 0.15) is 54.3 Å². The number of halogens is 1. The summed E-state index contributed by atoms with van der Waals surface area (Å²) in [6.07, 6.45) is 5.13. The van der Waals surface area contributed by atoms with Gasteiger partial charge in [-0.3, -0.25) is 9.59 Å². The first kappa shape index (κ1) is 20.5. The highest BCUT2D eigenvalue weighted by Crippen LogP contribution is 2.94. The van der Waals surface area contributed by atoms with E-state index >= 15 is 0 Å². The van der Waals surface area contributed by atoms with E-state index in [1.54, 1.807) is 18.2 Å². The largest absolute Gasteiger partial charge is 0.365 e. The smallest absolute Gasteiger partial charge is 0.262 e.